The van der Waals surface area contributed by atoms with E-state index in [-0.39, 0.29) is 23.4 Å². The number of halogens is 2. The van der Waals surface area contributed by atoms with E-state index < -0.39 is 11.6 Å². The largest absolute Gasteiger partial charge is 0.507 e. The Bertz CT molecular complexity index is 555. The molecule has 0 spiro atoms. The maximum Gasteiger partial charge on any atom is 0.131 e. The molecule has 2 nitrogen and oxygen atoms in total. The highest BCUT2D eigenvalue weighted by molar-refractivity contribution is 5.71. The second kappa shape index (κ2) is 4.51. The molecule has 0 aliphatic heterocycles. The van der Waals surface area contributed by atoms with Crippen LogP contribution >= 0.6 is 0 Å². The minimum Gasteiger partial charge on any atom is -0.507 e. The molecule has 0 bridgehead atoms. The fourth-order valence-electron chi connectivity index (χ4n) is 1.63. The lowest BCUT2D eigenvalue weighted by molar-refractivity contribution is 0.474. The summed E-state index contributed by atoms with van der Waals surface area (Å²) in [6.45, 7) is 0.253. The Balaban J connectivity index is 2.62. The van der Waals surface area contributed by atoms with Gasteiger partial charge < -0.3 is 10.8 Å². The zero-order valence-electron chi connectivity index (χ0n) is 8.95. The molecule has 3 N–H and O–H groups in total. The average Bonchev–Trinajstić information content (AvgIpc) is 2.33. The summed E-state index contributed by atoms with van der Waals surface area (Å²) in [4.78, 5) is 0. The molecule has 0 aliphatic rings. The van der Waals surface area contributed by atoms with E-state index in [9.17, 15) is 13.9 Å². The van der Waals surface area contributed by atoms with Gasteiger partial charge in [-0.25, -0.2) is 8.78 Å². The standard InChI is InChI=1S/C13H11F2NO/c14-9-2-4-13(17)11(6-9)10-5-8(7-16)1-3-12(10)15/h1-6,17H,7,16H2. The lowest BCUT2D eigenvalue weighted by Gasteiger charge is -2.08. The second-order valence-electron chi connectivity index (χ2n) is 3.68. The third kappa shape index (κ3) is 2.26. The van der Waals surface area contributed by atoms with Gasteiger partial charge in [-0.3, -0.25) is 0 Å². The Morgan fingerprint density at radius 3 is 2.47 bits per heavy atom. The number of hydrogen-bond acceptors (Lipinski definition) is 2. The van der Waals surface area contributed by atoms with E-state index in [0.717, 1.165) is 12.1 Å². The fourth-order valence-corrected chi connectivity index (χ4v) is 1.63. The summed E-state index contributed by atoms with van der Waals surface area (Å²) >= 11 is 0. The Hall–Kier alpha value is -1.94. The quantitative estimate of drug-likeness (QED) is 0.840. The van der Waals surface area contributed by atoms with Crippen molar-refractivity contribution in [1.82, 2.24) is 0 Å². The first kappa shape index (κ1) is 11.5. The van der Waals surface area contributed by atoms with Crippen molar-refractivity contribution >= 4 is 0 Å². The highest BCUT2D eigenvalue weighted by atomic mass is 19.1. The highest BCUT2D eigenvalue weighted by Gasteiger charge is 2.11. The molecule has 0 amide bonds. The molecule has 88 valence electrons. The van der Waals surface area contributed by atoms with Gasteiger partial charge in [0.25, 0.3) is 0 Å². The molecule has 0 aromatic heterocycles. The van der Waals surface area contributed by atoms with Crippen LogP contribution in [-0.2, 0) is 6.54 Å². The van der Waals surface area contributed by atoms with Crippen molar-refractivity contribution in [2.45, 2.75) is 6.54 Å². The van der Waals surface area contributed by atoms with E-state index in [1.54, 1.807) is 6.07 Å². The number of rotatable bonds is 2. The summed E-state index contributed by atoms with van der Waals surface area (Å²) < 4.78 is 26.7. The van der Waals surface area contributed by atoms with Gasteiger partial charge in [0.15, 0.2) is 0 Å². The molecule has 2 rings (SSSR count). The van der Waals surface area contributed by atoms with Gasteiger partial charge in [0.1, 0.15) is 17.4 Å². The first-order valence-corrected chi connectivity index (χ1v) is 5.09. The van der Waals surface area contributed by atoms with Gasteiger partial charge in [-0.2, -0.15) is 0 Å². The normalized spacial score (nSPS) is 10.5. The monoisotopic (exact) mass is 235 g/mol. The maximum atomic E-state index is 13.6. The maximum absolute atomic E-state index is 13.6. The van der Waals surface area contributed by atoms with E-state index in [0.29, 0.717) is 5.56 Å². The Kier molecular flexibility index (Phi) is 3.06. The van der Waals surface area contributed by atoms with Gasteiger partial charge in [-0.05, 0) is 35.9 Å². The lowest BCUT2D eigenvalue weighted by atomic mass is 10.0. The van der Waals surface area contributed by atoms with Crippen LogP contribution in [0.15, 0.2) is 36.4 Å². The molecule has 0 heterocycles. The Labute approximate surface area is 97.3 Å². The predicted molar refractivity (Wildman–Crippen MR) is 61.4 cm³/mol. The van der Waals surface area contributed by atoms with Gasteiger partial charge >= 0.3 is 0 Å². The first-order valence-electron chi connectivity index (χ1n) is 5.09. The van der Waals surface area contributed by atoms with Crippen LogP contribution in [0.25, 0.3) is 11.1 Å². The molecule has 4 heteroatoms. The van der Waals surface area contributed by atoms with Gasteiger partial charge in [-0.1, -0.05) is 6.07 Å². The summed E-state index contributed by atoms with van der Waals surface area (Å²) in [5.74, 6) is -1.22. The SMILES string of the molecule is NCc1ccc(F)c(-c2cc(F)ccc2O)c1. The zero-order valence-corrected chi connectivity index (χ0v) is 8.95. The van der Waals surface area contributed by atoms with Gasteiger partial charge in [0.2, 0.25) is 0 Å². The summed E-state index contributed by atoms with van der Waals surface area (Å²) in [6, 6.07) is 7.71. The van der Waals surface area contributed by atoms with Crippen molar-refractivity contribution in [2.24, 2.45) is 5.73 Å². The predicted octanol–water partition coefficient (Wildman–Crippen LogP) is 2.80. The topological polar surface area (TPSA) is 46.2 Å². The van der Waals surface area contributed by atoms with Crippen LogP contribution in [0.2, 0.25) is 0 Å². The van der Waals surface area contributed by atoms with E-state index in [2.05, 4.69) is 0 Å². The summed E-state index contributed by atoms with van der Waals surface area (Å²) in [7, 11) is 0. The summed E-state index contributed by atoms with van der Waals surface area (Å²) in [5.41, 5.74) is 6.44. The minimum absolute atomic E-state index is 0.123. The van der Waals surface area contributed by atoms with Crippen LogP contribution in [-0.4, -0.2) is 5.11 Å². The van der Waals surface area contributed by atoms with Crippen molar-refractivity contribution < 1.29 is 13.9 Å². The molecule has 17 heavy (non-hydrogen) atoms. The minimum atomic E-state index is -0.532. The number of nitrogens with two attached hydrogens (primary N) is 1. The third-order valence-corrected chi connectivity index (χ3v) is 2.52. The number of phenols is 1. The van der Waals surface area contributed by atoms with Crippen LogP contribution < -0.4 is 5.73 Å². The number of aromatic hydroxyl groups is 1. The molecule has 0 saturated heterocycles. The van der Waals surface area contributed by atoms with E-state index in [1.807, 2.05) is 0 Å². The third-order valence-electron chi connectivity index (χ3n) is 2.52. The van der Waals surface area contributed by atoms with Crippen LogP contribution in [0.3, 0.4) is 0 Å². The van der Waals surface area contributed by atoms with Crippen LogP contribution in [0.4, 0.5) is 8.78 Å². The Morgan fingerprint density at radius 2 is 1.76 bits per heavy atom. The average molecular weight is 235 g/mol. The molecule has 0 fully saturated rings. The molecule has 2 aromatic rings. The Morgan fingerprint density at radius 1 is 1.00 bits per heavy atom. The molecular formula is C13H11F2NO. The second-order valence-corrected chi connectivity index (χ2v) is 3.68. The van der Waals surface area contributed by atoms with E-state index in [4.69, 9.17) is 5.73 Å². The fraction of sp³-hybridized carbons (Fsp3) is 0.0769. The van der Waals surface area contributed by atoms with E-state index >= 15 is 0 Å². The van der Waals surface area contributed by atoms with Crippen LogP contribution in [0.5, 0.6) is 5.75 Å². The van der Waals surface area contributed by atoms with Crippen molar-refractivity contribution in [2.75, 3.05) is 0 Å². The number of hydrogen-bond donors (Lipinski definition) is 2. The molecule has 0 unspecified atom stereocenters. The van der Waals surface area contributed by atoms with Crippen LogP contribution in [0, 0.1) is 11.6 Å². The van der Waals surface area contributed by atoms with Crippen LogP contribution in [0.1, 0.15) is 5.56 Å². The van der Waals surface area contributed by atoms with Crippen molar-refractivity contribution in [3.8, 4) is 16.9 Å². The van der Waals surface area contributed by atoms with Gasteiger partial charge in [0, 0.05) is 17.7 Å². The first-order chi connectivity index (χ1) is 8.11. The molecule has 0 atom stereocenters. The lowest BCUT2D eigenvalue weighted by Crippen LogP contribution is -1.97. The number of benzene rings is 2. The van der Waals surface area contributed by atoms with Gasteiger partial charge in [0.05, 0.1) is 0 Å². The molecular weight excluding hydrogens is 224 g/mol. The molecule has 2 aromatic carbocycles. The summed E-state index contributed by atoms with van der Waals surface area (Å²) in [6.07, 6.45) is 0. The highest BCUT2D eigenvalue weighted by Crippen LogP contribution is 2.32. The molecule has 0 aliphatic carbocycles. The van der Waals surface area contributed by atoms with Crippen molar-refractivity contribution in [3.63, 3.8) is 0 Å². The molecule has 0 saturated carbocycles. The van der Waals surface area contributed by atoms with Crippen molar-refractivity contribution in [3.05, 3.63) is 53.6 Å². The number of phenolic OH excluding ortho intramolecular Hbond substituents is 1. The smallest absolute Gasteiger partial charge is 0.131 e. The van der Waals surface area contributed by atoms with E-state index in [1.165, 1.54) is 18.2 Å². The summed E-state index contributed by atoms with van der Waals surface area (Å²) in [5, 5.41) is 9.61. The zero-order chi connectivity index (χ0) is 12.4. The van der Waals surface area contributed by atoms with Crippen molar-refractivity contribution in [1.29, 1.82) is 0 Å². The molecule has 0 radical (unpaired) electrons. The van der Waals surface area contributed by atoms with Gasteiger partial charge in [-0.15, -0.1) is 0 Å².